The highest BCUT2D eigenvalue weighted by molar-refractivity contribution is 6.31. The molecule has 0 radical (unpaired) electrons. The van der Waals surface area contributed by atoms with Crippen molar-refractivity contribution in [3.05, 3.63) is 94.0 Å². The van der Waals surface area contributed by atoms with Gasteiger partial charge in [0, 0.05) is 52.5 Å². The second kappa shape index (κ2) is 8.75. The maximum absolute atomic E-state index is 13.3. The van der Waals surface area contributed by atoms with Gasteiger partial charge in [0.25, 0.3) is 0 Å². The van der Waals surface area contributed by atoms with Gasteiger partial charge in [-0.15, -0.1) is 0 Å². The Balaban J connectivity index is 1.44. The molecule has 1 saturated heterocycles. The molecule has 2 amide bonds. The van der Waals surface area contributed by atoms with E-state index in [0.717, 1.165) is 16.8 Å². The number of aliphatic hydroxyl groups excluding tert-OH is 1. The number of halogens is 2. The van der Waals surface area contributed by atoms with Gasteiger partial charge < -0.3 is 10.4 Å². The molecule has 2 aliphatic rings. The lowest BCUT2D eigenvalue weighted by atomic mass is 9.72. The molecule has 3 aromatic rings. The summed E-state index contributed by atoms with van der Waals surface area (Å²) in [5, 5.41) is 14.4. The Morgan fingerprint density at radius 3 is 2.59 bits per heavy atom. The fourth-order valence-corrected chi connectivity index (χ4v) is 5.36. The SMILES string of the molecule is O=C(Nc1cccc(Cl)c1)N1C[C@@H]2[C@H](c3ccccc31)[C@H](CO)N2Cc1ccccc1Cl. The Hall–Kier alpha value is -2.57. The lowest BCUT2D eigenvalue weighted by molar-refractivity contribution is -0.0484. The summed E-state index contributed by atoms with van der Waals surface area (Å²) in [6.07, 6.45) is 0. The number of urea groups is 1. The quantitative estimate of drug-likeness (QED) is 0.541. The van der Waals surface area contributed by atoms with Crippen LogP contribution in [0.3, 0.4) is 0 Å². The summed E-state index contributed by atoms with van der Waals surface area (Å²) >= 11 is 12.5. The first-order valence-corrected chi connectivity index (χ1v) is 11.4. The summed E-state index contributed by atoms with van der Waals surface area (Å²) < 4.78 is 0. The smallest absolute Gasteiger partial charge is 0.326 e. The summed E-state index contributed by atoms with van der Waals surface area (Å²) in [5.41, 5.74) is 3.63. The van der Waals surface area contributed by atoms with E-state index in [1.807, 2.05) is 48.5 Å². The number of aliphatic hydroxyl groups is 1. The Morgan fingerprint density at radius 1 is 1.03 bits per heavy atom. The number of hydrogen-bond donors (Lipinski definition) is 2. The van der Waals surface area contributed by atoms with Gasteiger partial charge in [-0.2, -0.15) is 0 Å². The van der Waals surface area contributed by atoms with E-state index in [4.69, 9.17) is 23.2 Å². The topological polar surface area (TPSA) is 55.8 Å². The molecule has 2 N–H and O–H groups in total. The van der Waals surface area contributed by atoms with Gasteiger partial charge in [-0.25, -0.2) is 4.79 Å². The zero-order valence-corrected chi connectivity index (χ0v) is 18.8. The summed E-state index contributed by atoms with van der Waals surface area (Å²) in [6, 6.07) is 22.7. The highest BCUT2D eigenvalue weighted by atomic mass is 35.5. The van der Waals surface area contributed by atoms with Crippen LogP contribution in [0.15, 0.2) is 72.8 Å². The first-order valence-electron chi connectivity index (χ1n) is 10.6. The van der Waals surface area contributed by atoms with Gasteiger partial charge in [0.1, 0.15) is 0 Å². The summed E-state index contributed by atoms with van der Waals surface area (Å²) in [5.74, 6) is 0.161. The van der Waals surface area contributed by atoms with E-state index in [0.29, 0.717) is 28.8 Å². The highest BCUT2D eigenvalue weighted by Crippen LogP contribution is 2.49. The zero-order valence-electron chi connectivity index (χ0n) is 17.3. The van der Waals surface area contributed by atoms with E-state index in [1.165, 1.54) is 0 Å². The minimum atomic E-state index is -0.205. The number of rotatable bonds is 4. The molecule has 0 aromatic heterocycles. The number of carbonyl (C=O) groups excluding carboxylic acids is 1. The molecule has 1 fully saturated rings. The highest BCUT2D eigenvalue weighted by Gasteiger charge is 2.53. The normalized spacial score (nSPS) is 22.0. The molecule has 32 heavy (non-hydrogen) atoms. The summed E-state index contributed by atoms with van der Waals surface area (Å²) in [7, 11) is 0. The van der Waals surface area contributed by atoms with Crippen LogP contribution in [0.25, 0.3) is 0 Å². The second-order valence-corrected chi connectivity index (χ2v) is 9.06. The van der Waals surface area contributed by atoms with Crippen LogP contribution in [0, 0.1) is 0 Å². The molecule has 2 heterocycles. The van der Waals surface area contributed by atoms with Crippen LogP contribution < -0.4 is 10.2 Å². The molecule has 0 bridgehead atoms. The van der Waals surface area contributed by atoms with Gasteiger partial charge in [0.2, 0.25) is 0 Å². The van der Waals surface area contributed by atoms with E-state index in [2.05, 4.69) is 16.3 Å². The van der Waals surface area contributed by atoms with Crippen molar-refractivity contribution in [3.8, 4) is 0 Å². The molecule has 3 atom stereocenters. The Morgan fingerprint density at radius 2 is 1.81 bits per heavy atom. The Labute approximate surface area is 197 Å². The zero-order chi connectivity index (χ0) is 22.2. The van der Waals surface area contributed by atoms with E-state index >= 15 is 0 Å². The van der Waals surface area contributed by atoms with Crippen molar-refractivity contribution in [2.24, 2.45) is 0 Å². The van der Waals surface area contributed by atoms with E-state index in [-0.39, 0.29) is 30.6 Å². The number of benzene rings is 3. The number of hydrogen-bond acceptors (Lipinski definition) is 3. The molecule has 2 aliphatic heterocycles. The first-order chi connectivity index (χ1) is 15.6. The molecule has 7 heteroatoms. The van der Waals surface area contributed by atoms with Gasteiger partial charge in [0.15, 0.2) is 0 Å². The Kier molecular flexibility index (Phi) is 5.82. The van der Waals surface area contributed by atoms with Crippen molar-refractivity contribution >= 4 is 40.6 Å². The number of likely N-dealkylation sites (tertiary alicyclic amines) is 1. The molecule has 0 unspecified atom stereocenters. The van der Waals surface area contributed by atoms with E-state index in [1.54, 1.807) is 23.1 Å². The molecular formula is C25H23Cl2N3O2. The van der Waals surface area contributed by atoms with Gasteiger partial charge in [0.05, 0.1) is 6.61 Å². The number of para-hydroxylation sites is 1. The van der Waals surface area contributed by atoms with Crippen molar-refractivity contribution < 1.29 is 9.90 Å². The van der Waals surface area contributed by atoms with Crippen molar-refractivity contribution in [2.75, 3.05) is 23.4 Å². The van der Waals surface area contributed by atoms with Crippen molar-refractivity contribution in [3.63, 3.8) is 0 Å². The molecule has 0 aliphatic carbocycles. The van der Waals surface area contributed by atoms with Crippen LogP contribution in [0.1, 0.15) is 17.0 Å². The minimum absolute atomic E-state index is 0.0180. The number of anilines is 2. The maximum atomic E-state index is 13.3. The summed E-state index contributed by atoms with van der Waals surface area (Å²) in [6.45, 7) is 1.20. The molecule has 3 aromatic carbocycles. The molecule has 5 nitrogen and oxygen atoms in total. The van der Waals surface area contributed by atoms with Gasteiger partial charge >= 0.3 is 6.03 Å². The standard InChI is InChI=1S/C25H23Cl2N3O2/c26-17-7-5-8-18(12-17)28-25(32)30-14-22-24(19-9-2-4-11-21(19)30)23(15-31)29(22)13-16-6-1-3-10-20(16)27/h1-12,22-24,31H,13-15H2,(H,28,32)/t22-,23+,24+/m1/s1. The monoisotopic (exact) mass is 467 g/mol. The van der Waals surface area contributed by atoms with Crippen molar-refractivity contribution in [2.45, 2.75) is 24.5 Å². The molecule has 5 rings (SSSR count). The predicted molar refractivity (Wildman–Crippen MR) is 129 cm³/mol. The fraction of sp³-hybridized carbons (Fsp3) is 0.240. The first kappa shape index (κ1) is 21.3. The number of nitrogens with one attached hydrogen (secondary N) is 1. The lowest BCUT2D eigenvalue weighted by Crippen LogP contribution is -2.69. The molecule has 0 spiro atoms. The van der Waals surface area contributed by atoms with E-state index < -0.39 is 0 Å². The number of carbonyl (C=O) groups is 1. The van der Waals surface area contributed by atoms with Crippen LogP contribution in [0.2, 0.25) is 10.0 Å². The van der Waals surface area contributed by atoms with Gasteiger partial charge in [-0.05, 0) is 41.5 Å². The lowest BCUT2D eigenvalue weighted by Gasteiger charge is -2.59. The number of fused-ring (bicyclic) bond motifs is 3. The minimum Gasteiger partial charge on any atom is -0.395 e. The third kappa shape index (κ3) is 3.76. The van der Waals surface area contributed by atoms with Crippen LogP contribution in [0.4, 0.5) is 16.2 Å². The van der Waals surface area contributed by atoms with Crippen molar-refractivity contribution in [1.29, 1.82) is 0 Å². The average Bonchev–Trinajstić information content (AvgIpc) is 2.78. The van der Waals surface area contributed by atoms with E-state index in [9.17, 15) is 9.90 Å². The Bertz CT molecular complexity index is 1160. The van der Waals surface area contributed by atoms with Crippen LogP contribution in [-0.4, -0.2) is 41.3 Å². The average molecular weight is 468 g/mol. The fourth-order valence-electron chi connectivity index (χ4n) is 4.97. The summed E-state index contributed by atoms with van der Waals surface area (Å²) in [4.78, 5) is 17.3. The van der Waals surface area contributed by atoms with Gasteiger partial charge in [-0.3, -0.25) is 9.80 Å². The molecule has 0 saturated carbocycles. The second-order valence-electron chi connectivity index (χ2n) is 8.22. The molecule has 164 valence electrons. The maximum Gasteiger partial charge on any atom is 0.326 e. The van der Waals surface area contributed by atoms with Crippen LogP contribution in [-0.2, 0) is 6.54 Å². The van der Waals surface area contributed by atoms with Crippen LogP contribution >= 0.6 is 23.2 Å². The van der Waals surface area contributed by atoms with Crippen LogP contribution in [0.5, 0.6) is 0 Å². The predicted octanol–water partition coefficient (Wildman–Crippen LogP) is 5.37. The van der Waals surface area contributed by atoms with Crippen molar-refractivity contribution in [1.82, 2.24) is 4.90 Å². The third-order valence-electron chi connectivity index (χ3n) is 6.46. The number of amides is 2. The largest absolute Gasteiger partial charge is 0.395 e. The molecular weight excluding hydrogens is 445 g/mol. The number of nitrogens with zero attached hydrogens (tertiary/aromatic N) is 2. The third-order valence-corrected chi connectivity index (χ3v) is 7.06. The van der Waals surface area contributed by atoms with Gasteiger partial charge in [-0.1, -0.05) is 65.7 Å².